The van der Waals surface area contributed by atoms with Crippen LogP contribution in [-0.2, 0) is 11.3 Å². The molecule has 3 aromatic rings. The zero-order valence-electron chi connectivity index (χ0n) is 14.4. The third kappa shape index (κ3) is 4.17. The Hall–Kier alpha value is -3.13. The van der Waals surface area contributed by atoms with Gasteiger partial charge in [0.2, 0.25) is 5.82 Å². The average molecular weight is 393 g/mol. The van der Waals surface area contributed by atoms with Crippen LogP contribution in [0.1, 0.15) is 16.2 Å². The molecule has 0 unspecified atom stereocenters. The highest BCUT2D eigenvalue weighted by Gasteiger charge is 2.18. The van der Waals surface area contributed by atoms with Crippen molar-refractivity contribution >= 4 is 17.6 Å². The summed E-state index contributed by atoms with van der Waals surface area (Å²) in [6, 6.07) is 8.70. The summed E-state index contributed by atoms with van der Waals surface area (Å²) in [7, 11) is 3.04. The molecule has 1 heterocycles. The molecule has 0 amide bonds. The Morgan fingerprint density at radius 3 is 2.74 bits per heavy atom. The van der Waals surface area contributed by atoms with Gasteiger partial charge in [0, 0.05) is 11.1 Å². The number of halogens is 2. The zero-order valence-corrected chi connectivity index (χ0v) is 15.1. The van der Waals surface area contributed by atoms with E-state index in [2.05, 4.69) is 10.1 Å². The maximum absolute atomic E-state index is 13.7. The lowest BCUT2D eigenvalue weighted by Crippen LogP contribution is -2.07. The van der Waals surface area contributed by atoms with Gasteiger partial charge >= 0.3 is 5.97 Å². The van der Waals surface area contributed by atoms with E-state index in [1.54, 1.807) is 18.2 Å². The monoisotopic (exact) mass is 392 g/mol. The first kappa shape index (κ1) is 18.7. The molecule has 0 saturated carbocycles. The smallest absolute Gasteiger partial charge is 0.341 e. The summed E-state index contributed by atoms with van der Waals surface area (Å²) in [5.41, 5.74) is 0.291. The summed E-state index contributed by atoms with van der Waals surface area (Å²) in [5.74, 6) is -0.250. The van der Waals surface area contributed by atoms with Gasteiger partial charge in [0.25, 0.3) is 5.89 Å². The lowest BCUT2D eigenvalue weighted by molar-refractivity contribution is 0.0424. The highest BCUT2D eigenvalue weighted by atomic mass is 35.5. The molecule has 3 rings (SSSR count). The number of aromatic nitrogens is 2. The molecule has 0 atom stereocenters. The van der Waals surface area contributed by atoms with Gasteiger partial charge in [0.05, 0.1) is 25.3 Å². The second kappa shape index (κ2) is 8.05. The van der Waals surface area contributed by atoms with E-state index in [1.165, 1.54) is 26.4 Å². The van der Waals surface area contributed by atoms with Gasteiger partial charge in [-0.15, -0.1) is 0 Å². The first-order valence-corrected chi connectivity index (χ1v) is 8.06. The number of nitrogens with zero attached hydrogens (tertiary/aromatic N) is 2. The summed E-state index contributed by atoms with van der Waals surface area (Å²) in [6.45, 7) is -0.323. The third-order valence-corrected chi connectivity index (χ3v) is 3.83. The Bertz CT molecular complexity index is 976. The Morgan fingerprint density at radius 1 is 1.19 bits per heavy atom. The molecule has 27 heavy (non-hydrogen) atoms. The number of esters is 1. The van der Waals surface area contributed by atoms with Crippen LogP contribution in [0.25, 0.3) is 11.4 Å². The largest absolute Gasteiger partial charge is 0.497 e. The number of hydrogen-bond acceptors (Lipinski definition) is 7. The van der Waals surface area contributed by atoms with Crippen molar-refractivity contribution in [1.29, 1.82) is 0 Å². The fourth-order valence-electron chi connectivity index (χ4n) is 2.27. The van der Waals surface area contributed by atoms with Gasteiger partial charge in [0.15, 0.2) is 6.61 Å². The van der Waals surface area contributed by atoms with Crippen molar-refractivity contribution in [2.45, 2.75) is 6.61 Å². The summed E-state index contributed by atoms with van der Waals surface area (Å²) in [6.07, 6.45) is 0. The van der Waals surface area contributed by atoms with Gasteiger partial charge in [-0.3, -0.25) is 0 Å². The van der Waals surface area contributed by atoms with Gasteiger partial charge in [-0.1, -0.05) is 16.8 Å². The number of ether oxygens (including phenoxy) is 3. The van der Waals surface area contributed by atoms with Gasteiger partial charge in [-0.25, -0.2) is 9.18 Å². The van der Waals surface area contributed by atoms with Crippen LogP contribution in [0.2, 0.25) is 5.02 Å². The molecule has 0 N–H and O–H groups in total. The summed E-state index contributed by atoms with van der Waals surface area (Å²) in [4.78, 5) is 16.1. The van der Waals surface area contributed by atoms with E-state index in [1.807, 2.05) is 0 Å². The van der Waals surface area contributed by atoms with E-state index in [-0.39, 0.29) is 28.9 Å². The van der Waals surface area contributed by atoms with Crippen LogP contribution in [0.5, 0.6) is 11.5 Å². The number of carbonyl (C=O) groups excluding carboxylic acids is 1. The summed E-state index contributed by atoms with van der Waals surface area (Å²) < 4.78 is 34.2. The molecule has 140 valence electrons. The van der Waals surface area contributed by atoms with Crippen LogP contribution < -0.4 is 9.47 Å². The van der Waals surface area contributed by atoms with Gasteiger partial charge in [0.1, 0.15) is 17.3 Å². The maximum atomic E-state index is 13.7. The topological polar surface area (TPSA) is 83.7 Å². The summed E-state index contributed by atoms with van der Waals surface area (Å²) >= 11 is 5.76. The molecule has 2 aromatic carbocycles. The SMILES string of the molecule is COc1ccc(-c2noc(COC(=O)c3cc(Cl)ccc3F)n2)c(OC)c1. The van der Waals surface area contributed by atoms with Crippen LogP contribution in [-0.4, -0.2) is 30.3 Å². The lowest BCUT2D eigenvalue weighted by atomic mass is 10.2. The van der Waals surface area contributed by atoms with Crippen molar-refractivity contribution in [2.24, 2.45) is 0 Å². The predicted octanol–water partition coefficient (Wildman–Crippen LogP) is 3.90. The molecule has 0 spiro atoms. The van der Waals surface area contributed by atoms with Crippen LogP contribution >= 0.6 is 11.6 Å². The third-order valence-electron chi connectivity index (χ3n) is 3.59. The molecule has 0 fully saturated rings. The van der Waals surface area contributed by atoms with E-state index in [4.69, 9.17) is 30.3 Å². The van der Waals surface area contributed by atoms with Crippen LogP contribution in [0.3, 0.4) is 0 Å². The average Bonchev–Trinajstić information content (AvgIpc) is 3.16. The maximum Gasteiger partial charge on any atom is 0.341 e. The molecule has 0 saturated heterocycles. The first-order chi connectivity index (χ1) is 13.0. The lowest BCUT2D eigenvalue weighted by Gasteiger charge is -2.07. The Kier molecular flexibility index (Phi) is 5.56. The number of benzene rings is 2. The Morgan fingerprint density at radius 2 is 2.00 bits per heavy atom. The first-order valence-electron chi connectivity index (χ1n) is 7.69. The molecule has 0 aliphatic heterocycles. The number of rotatable bonds is 6. The quantitative estimate of drug-likeness (QED) is 0.588. The molecule has 1 aromatic heterocycles. The number of methoxy groups -OCH3 is 2. The fourth-order valence-corrected chi connectivity index (χ4v) is 2.44. The highest BCUT2D eigenvalue weighted by molar-refractivity contribution is 6.30. The minimum absolute atomic E-state index is 0.0404. The van der Waals surface area contributed by atoms with Crippen molar-refractivity contribution in [3.63, 3.8) is 0 Å². The molecular formula is C18H14ClFN2O5. The molecule has 0 bridgehead atoms. The van der Waals surface area contributed by atoms with Crippen LogP contribution in [0.4, 0.5) is 4.39 Å². The second-order valence-electron chi connectivity index (χ2n) is 5.28. The summed E-state index contributed by atoms with van der Waals surface area (Å²) in [5, 5.41) is 4.06. The van der Waals surface area contributed by atoms with Gasteiger partial charge in [-0.05, 0) is 30.3 Å². The highest BCUT2D eigenvalue weighted by Crippen LogP contribution is 2.31. The van der Waals surface area contributed by atoms with E-state index < -0.39 is 11.8 Å². The normalized spacial score (nSPS) is 10.5. The van der Waals surface area contributed by atoms with Crippen molar-refractivity contribution in [2.75, 3.05) is 14.2 Å². The van der Waals surface area contributed by atoms with Crippen molar-refractivity contribution in [3.8, 4) is 22.9 Å². The van der Waals surface area contributed by atoms with E-state index >= 15 is 0 Å². The second-order valence-corrected chi connectivity index (χ2v) is 5.71. The number of carbonyl (C=O) groups is 1. The standard InChI is InChI=1S/C18H14ClFN2O5/c1-24-11-4-5-12(15(8-11)25-2)17-21-16(27-22-17)9-26-18(23)13-7-10(19)3-6-14(13)20/h3-8H,9H2,1-2H3. The molecule has 9 heteroatoms. The molecule has 0 radical (unpaired) electrons. The minimum Gasteiger partial charge on any atom is -0.497 e. The van der Waals surface area contributed by atoms with Crippen molar-refractivity contribution < 1.29 is 27.9 Å². The molecule has 7 nitrogen and oxygen atoms in total. The van der Waals surface area contributed by atoms with E-state index in [0.29, 0.717) is 17.1 Å². The van der Waals surface area contributed by atoms with Gasteiger partial charge < -0.3 is 18.7 Å². The zero-order chi connectivity index (χ0) is 19.4. The van der Waals surface area contributed by atoms with Crippen LogP contribution in [0.15, 0.2) is 40.9 Å². The number of hydrogen-bond donors (Lipinski definition) is 0. The molecule has 0 aliphatic rings. The molecule has 0 aliphatic carbocycles. The predicted molar refractivity (Wildman–Crippen MR) is 93.4 cm³/mol. The van der Waals surface area contributed by atoms with Crippen molar-refractivity contribution in [1.82, 2.24) is 10.1 Å². The Labute approximate surface area is 158 Å². The van der Waals surface area contributed by atoms with Crippen molar-refractivity contribution in [3.05, 3.63) is 58.7 Å². The van der Waals surface area contributed by atoms with E-state index in [9.17, 15) is 9.18 Å². The van der Waals surface area contributed by atoms with Crippen LogP contribution in [0, 0.1) is 5.82 Å². The van der Waals surface area contributed by atoms with Gasteiger partial charge in [-0.2, -0.15) is 4.98 Å². The fraction of sp³-hybridized carbons (Fsp3) is 0.167. The molecular weight excluding hydrogens is 379 g/mol. The van der Waals surface area contributed by atoms with E-state index in [0.717, 1.165) is 6.07 Å². The minimum atomic E-state index is -0.892. The Balaban J connectivity index is 1.73.